The van der Waals surface area contributed by atoms with Crippen molar-refractivity contribution in [2.45, 2.75) is 33.5 Å². The fourth-order valence-corrected chi connectivity index (χ4v) is 3.69. The average molecular weight is 204 g/mol. The first-order valence-electron chi connectivity index (χ1n) is 4.56. The van der Waals surface area contributed by atoms with Gasteiger partial charge in [0.25, 0.3) is 7.37 Å². The Bertz CT molecular complexity index is 252. The summed E-state index contributed by atoms with van der Waals surface area (Å²) in [5, 5.41) is 0. The van der Waals surface area contributed by atoms with Gasteiger partial charge in [-0.25, -0.2) is 0 Å². The van der Waals surface area contributed by atoms with Gasteiger partial charge in [0.2, 0.25) is 0 Å². The minimum absolute atomic E-state index is 0.287. The van der Waals surface area contributed by atoms with Gasteiger partial charge < -0.3 is 9.26 Å². The van der Waals surface area contributed by atoms with Crippen LogP contribution in [0.1, 0.15) is 27.7 Å². The first kappa shape index (κ1) is 10.8. The molecule has 13 heavy (non-hydrogen) atoms. The van der Waals surface area contributed by atoms with E-state index in [2.05, 4.69) is 0 Å². The van der Waals surface area contributed by atoms with Gasteiger partial charge >= 0.3 is 0 Å². The predicted octanol–water partition coefficient (Wildman–Crippen LogP) is 2.97. The molecule has 0 spiro atoms. The molecular formula is C9H17O3P. The van der Waals surface area contributed by atoms with Crippen LogP contribution in [-0.4, -0.2) is 18.6 Å². The standard InChI is InChI=1S/C9H17O3P/c1-5-11-9(4)13(10)6-7(2)8(3)12-13/h9H,5-6H2,1-4H3. The monoisotopic (exact) mass is 204 g/mol. The van der Waals surface area contributed by atoms with Crippen LogP contribution in [0.15, 0.2) is 11.3 Å². The molecule has 0 aromatic carbocycles. The molecule has 0 aromatic rings. The molecular weight excluding hydrogens is 187 g/mol. The van der Waals surface area contributed by atoms with Crippen LogP contribution in [0.5, 0.6) is 0 Å². The third kappa shape index (κ3) is 2.15. The van der Waals surface area contributed by atoms with Gasteiger partial charge in [0.1, 0.15) is 11.6 Å². The Kier molecular flexibility index (Phi) is 3.20. The van der Waals surface area contributed by atoms with Crippen molar-refractivity contribution < 1.29 is 13.8 Å². The van der Waals surface area contributed by atoms with Crippen molar-refractivity contribution >= 4 is 7.37 Å². The molecule has 1 heterocycles. The molecule has 1 aliphatic heterocycles. The molecule has 0 N–H and O–H groups in total. The number of hydrogen-bond acceptors (Lipinski definition) is 3. The lowest BCUT2D eigenvalue weighted by molar-refractivity contribution is 0.119. The highest BCUT2D eigenvalue weighted by Crippen LogP contribution is 2.59. The molecule has 0 amide bonds. The Balaban J connectivity index is 2.68. The summed E-state index contributed by atoms with van der Waals surface area (Å²) in [6.07, 6.45) is 0.542. The summed E-state index contributed by atoms with van der Waals surface area (Å²) in [6.45, 7) is 8.09. The molecule has 0 radical (unpaired) electrons. The quantitative estimate of drug-likeness (QED) is 0.663. The first-order chi connectivity index (χ1) is 5.99. The average Bonchev–Trinajstić information content (AvgIpc) is 2.28. The highest BCUT2D eigenvalue weighted by atomic mass is 31.2. The summed E-state index contributed by atoms with van der Waals surface area (Å²) in [6, 6.07) is 0. The Morgan fingerprint density at radius 2 is 2.23 bits per heavy atom. The van der Waals surface area contributed by atoms with Crippen LogP contribution in [0, 0.1) is 0 Å². The van der Waals surface area contributed by atoms with Crippen molar-refractivity contribution in [1.29, 1.82) is 0 Å². The van der Waals surface area contributed by atoms with Gasteiger partial charge in [-0.05, 0) is 33.3 Å². The molecule has 0 fully saturated rings. The van der Waals surface area contributed by atoms with Gasteiger partial charge in [0.15, 0.2) is 0 Å². The van der Waals surface area contributed by atoms with Crippen molar-refractivity contribution in [3.05, 3.63) is 11.3 Å². The minimum atomic E-state index is -2.59. The Morgan fingerprint density at radius 3 is 2.62 bits per heavy atom. The van der Waals surface area contributed by atoms with Gasteiger partial charge in [-0.1, -0.05) is 0 Å². The Hall–Kier alpha value is -0.270. The zero-order chi connectivity index (χ0) is 10.1. The van der Waals surface area contributed by atoms with Gasteiger partial charge in [-0.3, -0.25) is 4.57 Å². The van der Waals surface area contributed by atoms with Crippen molar-refractivity contribution in [1.82, 2.24) is 0 Å². The molecule has 1 aliphatic rings. The van der Waals surface area contributed by atoms with E-state index in [0.717, 1.165) is 11.3 Å². The third-order valence-electron chi connectivity index (χ3n) is 2.31. The minimum Gasteiger partial charge on any atom is -0.446 e. The van der Waals surface area contributed by atoms with Gasteiger partial charge in [-0.2, -0.15) is 0 Å². The second-order valence-electron chi connectivity index (χ2n) is 3.37. The highest BCUT2D eigenvalue weighted by Gasteiger charge is 2.38. The molecule has 0 saturated carbocycles. The van der Waals surface area contributed by atoms with Crippen molar-refractivity contribution in [2.75, 3.05) is 12.8 Å². The molecule has 76 valence electrons. The molecule has 4 heteroatoms. The number of hydrogen-bond donors (Lipinski definition) is 0. The maximum Gasteiger partial charge on any atom is 0.279 e. The molecule has 1 rings (SSSR count). The molecule has 0 bridgehead atoms. The Labute approximate surface area is 79.6 Å². The first-order valence-corrected chi connectivity index (χ1v) is 6.44. The normalized spacial score (nSPS) is 30.5. The molecule has 2 unspecified atom stereocenters. The van der Waals surface area contributed by atoms with Crippen LogP contribution in [-0.2, 0) is 13.8 Å². The fraction of sp³-hybridized carbons (Fsp3) is 0.778. The van der Waals surface area contributed by atoms with E-state index >= 15 is 0 Å². The van der Waals surface area contributed by atoms with Gasteiger partial charge in [0, 0.05) is 6.61 Å². The van der Waals surface area contributed by atoms with Crippen LogP contribution in [0.3, 0.4) is 0 Å². The second-order valence-corrected chi connectivity index (χ2v) is 6.04. The smallest absolute Gasteiger partial charge is 0.279 e. The van der Waals surface area contributed by atoms with E-state index in [1.807, 2.05) is 27.7 Å². The third-order valence-corrected chi connectivity index (χ3v) is 5.07. The topological polar surface area (TPSA) is 35.5 Å². The number of allylic oxidation sites excluding steroid dienone is 2. The van der Waals surface area contributed by atoms with Gasteiger partial charge in [-0.15, -0.1) is 0 Å². The zero-order valence-corrected chi connectivity index (χ0v) is 9.56. The van der Waals surface area contributed by atoms with E-state index in [4.69, 9.17) is 9.26 Å². The predicted molar refractivity (Wildman–Crippen MR) is 53.0 cm³/mol. The number of ether oxygens (including phenoxy) is 1. The summed E-state index contributed by atoms with van der Waals surface area (Å²) in [5.41, 5.74) is 1.08. The van der Waals surface area contributed by atoms with Crippen LogP contribution >= 0.6 is 7.37 Å². The molecule has 3 nitrogen and oxygen atoms in total. The lowest BCUT2D eigenvalue weighted by Gasteiger charge is -2.19. The van der Waals surface area contributed by atoms with Crippen LogP contribution in [0.2, 0.25) is 0 Å². The van der Waals surface area contributed by atoms with Crippen molar-refractivity contribution in [3.8, 4) is 0 Å². The summed E-state index contributed by atoms with van der Waals surface area (Å²) >= 11 is 0. The summed E-state index contributed by atoms with van der Waals surface area (Å²) in [7, 11) is -2.59. The van der Waals surface area contributed by atoms with Crippen LogP contribution < -0.4 is 0 Å². The maximum atomic E-state index is 12.1. The Morgan fingerprint density at radius 1 is 1.62 bits per heavy atom. The van der Waals surface area contributed by atoms with E-state index < -0.39 is 7.37 Å². The van der Waals surface area contributed by atoms with E-state index in [0.29, 0.717) is 12.8 Å². The summed E-state index contributed by atoms with van der Waals surface area (Å²) in [5.74, 6) is 0.514. The van der Waals surface area contributed by atoms with Crippen molar-refractivity contribution in [2.24, 2.45) is 0 Å². The lowest BCUT2D eigenvalue weighted by Crippen LogP contribution is -2.10. The molecule has 0 aliphatic carbocycles. The summed E-state index contributed by atoms with van der Waals surface area (Å²) < 4.78 is 22.8. The molecule has 2 atom stereocenters. The van der Waals surface area contributed by atoms with E-state index in [1.54, 1.807) is 0 Å². The number of rotatable bonds is 3. The van der Waals surface area contributed by atoms with Crippen molar-refractivity contribution in [3.63, 3.8) is 0 Å². The van der Waals surface area contributed by atoms with E-state index in [-0.39, 0.29) is 5.85 Å². The molecule has 0 aromatic heterocycles. The highest BCUT2D eigenvalue weighted by molar-refractivity contribution is 7.60. The lowest BCUT2D eigenvalue weighted by atomic mass is 10.3. The molecule has 0 saturated heterocycles. The van der Waals surface area contributed by atoms with Crippen LogP contribution in [0.25, 0.3) is 0 Å². The SMILES string of the molecule is CCOC(C)P1(=O)CC(C)=C(C)O1. The second kappa shape index (κ2) is 3.85. The zero-order valence-electron chi connectivity index (χ0n) is 8.66. The fourth-order valence-electron chi connectivity index (χ4n) is 1.34. The largest absolute Gasteiger partial charge is 0.446 e. The van der Waals surface area contributed by atoms with Crippen LogP contribution in [0.4, 0.5) is 0 Å². The summed E-state index contributed by atoms with van der Waals surface area (Å²) in [4.78, 5) is 0. The van der Waals surface area contributed by atoms with E-state index in [1.165, 1.54) is 0 Å². The maximum absolute atomic E-state index is 12.1. The van der Waals surface area contributed by atoms with Gasteiger partial charge in [0.05, 0.1) is 6.16 Å². The van der Waals surface area contributed by atoms with E-state index in [9.17, 15) is 4.57 Å².